The molecule has 1 atom stereocenters. The number of benzene rings is 1. The average Bonchev–Trinajstić information content (AvgIpc) is 2.37. The van der Waals surface area contributed by atoms with E-state index in [-0.39, 0.29) is 6.10 Å². The summed E-state index contributed by atoms with van der Waals surface area (Å²) in [5.41, 5.74) is 0. The van der Waals surface area contributed by atoms with Gasteiger partial charge in [-0.25, -0.2) is 0 Å². The monoisotopic (exact) mass is 272 g/mol. The molecule has 17 heavy (non-hydrogen) atoms. The van der Waals surface area contributed by atoms with E-state index in [4.69, 9.17) is 16.3 Å². The molecule has 1 N–H and O–H groups in total. The number of hydrogen-bond donors (Lipinski definition) is 1. The van der Waals surface area contributed by atoms with Crippen LogP contribution in [0.5, 0.6) is 5.75 Å². The van der Waals surface area contributed by atoms with Crippen LogP contribution < -0.4 is 4.74 Å². The van der Waals surface area contributed by atoms with E-state index in [1.54, 1.807) is 6.07 Å². The molecule has 1 aromatic carbocycles. The van der Waals surface area contributed by atoms with Crippen molar-refractivity contribution in [3.8, 4) is 5.75 Å². The van der Waals surface area contributed by atoms with Gasteiger partial charge in [-0.3, -0.25) is 0 Å². The number of aliphatic hydroxyl groups excluding tert-OH is 1. The molecule has 94 valence electrons. The molecule has 0 aliphatic carbocycles. The maximum atomic E-state index is 10.0. The van der Waals surface area contributed by atoms with Gasteiger partial charge >= 0.3 is 0 Å². The van der Waals surface area contributed by atoms with Gasteiger partial charge in [0.1, 0.15) is 12.4 Å². The molecule has 1 heterocycles. The zero-order valence-electron chi connectivity index (χ0n) is 9.64. The summed E-state index contributed by atoms with van der Waals surface area (Å²) < 4.78 is 5.56. The first-order chi connectivity index (χ1) is 8.25. The van der Waals surface area contributed by atoms with Crippen molar-refractivity contribution in [3.05, 3.63) is 29.3 Å². The van der Waals surface area contributed by atoms with Crippen molar-refractivity contribution in [1.29, 1.82) is 0 Å². The van der Waals surface area contributed by atoms with Crippen molar-refractivity contribution in [3.63, 3.8) is 0 Å². The summed E-state index contributed by atoms with van der Waals surface area (Å²) in [4.78, 5) is 0. The summed E-state index contributed by atoms with van der Waals surface area (Å²) in [5.74, 6) is 3.41. The van der Waals surface area contributed by atoms with Gasteiger partial charge in [0.05, 0.1) is 6.10 Å². The predicted octanol–water partition coefficient (Wildman–Crippen LogP) is 3.22. The molecule has 2 nitrogen and oxygen atoms in total. The molecule has 1 aliphatic heterocycles. The van der Waals surface area contributed by atoms with E-state index in [1.165, 1.54) is 0 Å². The Labute approximate surface area is 111 Å². The lowest BCUT2D eigenvalue weighted by Gasteiger charge is -2.26. The highest BCUT2D eigenvalue weighted by molar-refractivity contribution is 7.99. The van der Waals surface area contributed by atoms with E-state index < -0.39 is 0 Å². The highest BCUT2D eigenvalue weighted by atomic mass is 35.5. The molecular formula is C13H17ClO2S. The molecule has 0 bridgehead atoms. The third-order valence-corrected chi connectivity index (χ3v) is 4.31. The van der Waals surface area contributed by atoms with Crippen molar-refractivity contribution in [1.82, 2.24) is 0 Å². The van der Waals surface area contributed by atoms with Crippen molar-refractivity contribution in [2.45, 2.75) is 18.9 Å². The lowest BCUT2D eigenvalue weighted by molar-refractivity contribution is 0.0535. The molecular weight excluding hydrogens is 256 g/mol. The first-order valence-corrected chi connectivity index (χ1v) is 7.43. The van der Waals surface area contributed by atoms with E-state index in [0.717, 1.165) is 30.1 Å². The summed E-state index contributed by atoms with van der Waals surface area (Å²) in [6.45, 7) is 0.357. The predicted molar refractivity (Wildman–Crippen MR) is 73.0 cm³/mol. The molecule has 1 saturated heterocycles. The van der Waals surface area contributed by atoms with E-state index in [9.17, 15) is 5.11 Å². The SMILES string of the molecule is OC(COc1cccc(Cl)c1)C1CCSCC1. The van der Waals surface area contributed by atoms with Crippen LogP contribution in [-0.2, 0) is 0 Å². The van der Waals surface area contributed by atoms with Gasteiger partial charge in [-0.1, -0.05) is 17.7 Å². The van der Waals surface area contributed by atoms with Crippen molar-refractivity contribution in [2.24, 2.45) is 5.92 Å². The van der Waals surface area contributed by atoms with Crippen LogP contribution >= 0.6 is 23.4 Å². The number of rotatable bonds is 4. The quantitative estimate of drug-likeness (QED) is 0.913. The van der Waals surface area contributed by atoms with Crippen LogP contribution in [-0.4, -0.2) is 29.3 Å². The molecule has 0 aromatic heterocycles. The van der Waals surface area contributed by atoms with Crippen LogP contribution in [0.3, 0.4) is 0 Å². The first kappa shape index (κ1) is 13.1. The third-order valence-electron chi connectivity index (χ3n) is 3.03. The lowest BCUT2D eigenvalue weighted by atomic mass is 9.96. The van der Waals surface area contributed by atoms with Gasteiger partial charge in [0.15, 0.2) is 0 Å². The normalized spacial score (nSPS) is 18.9. The Morgan fingerprint density at radius 1 is 1.41 bits per heavy atom. The molecule has 0 radical (unpaired) electrons. The lowest BCUT2D eigenvalue weighted by Crippen LogP contribution is -2.30. The second kappa shape index (κ2) is 6.53. The topological polar surface area (TPSA) is 29.5 Å². The Balaban J connectivity index is 1.80. The number of aliphatic hydroxyl groups is 1. The summed E-state index contributed by atoms with van der Waals surface area (Å²) in [6.07, 6.45) is 1.81. The van der Waals surface area contributed by atoms with E-state index in [0.29, 0.717) is 17.5 Å². The summed E-state index contributed by atoms with van der Waals surface area (Å²) in [5, 5.41) is 10.7. The minimum Gasteiger partial charge on any atom is -0.491 e. The zero-order chi connectivity index (χ0) is 12.1. The number of thioether (sulfide) groups is 1. The Bertz CT molecular complexity index is 353. The molecule has 0 saturated carbocycles. The maximum Gasteiger partial charge on any atom is 0.120 e. The van der Waals surface area contributed by atoms with Crippen LogP contribution in [0.2, 0.25) is 5.02 Å². The Hall–Kier alpha value is -0.380. The van der Waals surface area contributed by atoms with E-state index >= 15 is 0 Å². The summed E-state index contributed by atoms with van der Waals surface area (Å²) in [7, 11) is 0. The van der Waals surface area contributed by atoms with Gasteiger partial charge in [0, 0.05) is 5.02 Å². The zero-order valence-corrected chi connectivity index (χ0v) is 11.2. The molecule has 0 spiro atoms. The van der Waals surface area contributed by atoms with Crippen molar-refractivity contribution in [2.75, 3.05) is 18.1 Å². The van der Waals surface area contributed by atoms with E-state index in [2.05, 4.69) is 0 Å². The Morgan fingerprint density at radius 2 is 2.18 bits per heavy atom. The highest BCUT2D eigenvalue weighted by Crippen LogP contribution is 2.26. The minimum absolute atomic E-state index is 0.357. The van der Waals surface area contributed by atoms with Gasteiger partial charge in [-0.05, 0) is 48.5 Å². The highest BCUT2D eigenvalue weighted by Gasteiger charge is 2.22. The van der Waals surface area contributed by atoms with Crippen LogP contribution in [0, 0.1) is 5.92 Å². The van der Waals surface area contributed by atoms with Crippen LogP contribution in [0.15, 0.2) is 24.3 Å². The molecule has 0 amide bonds. The summed E-state index contributed by atoms with van der Waals surface area (Å²) in [6, 6.07) is 7.28. The van der Waals surface area contributed by atoms with Crippen LogP contribution in [0.25, 0.3) is 0 Å². The Morgan fingerprint density at radius 3 is 2.88 bits per heavy atom. The third kappa shape index (κ3) is 4.09. The fourth-order valence-corrected chi connectivity index (χ4v) is 3.30. The standard InChI is InChI=1S/C13H17ClO2S/c14-11-2-1-3-12(8-11)16-9-13(15)10-4-6-17-7-5-10/h1-3,8,10,13,15H,4-7,9H2. The van der Waals surface area contributed by atoms with Crippen LogP contribution in [0.1, 0.15) is 12.8 Å². The Kier molecular flexibility index (Phi) is 5.01. The van der Waals surface area contributed by atoms with Gasteiger partial charge < -0.3 is 9.84 Å². The van der Waals surface area contributed by atoms with Gasteiger partial charge in [-0.15, -0.1) is 0 Å². The summed E-state index contributed by atoms with van der Waals surface area (Å²) >= 11 is 7.83. The molecule has 1 aliphatic rings. The van der Waals surface area contributed by atoms with Crippen molar-refractivity contribution < 1.29 is 9.84 Å². The van der Waals surface area contributed by atoms with E-state index in [1.807, 2.05) is 30.0 Å². The maximum absolute atomic E-state index is 10.0. The molecule has 1 unspecified atom stereocenters. The second-order valence-electron chi connectivity index (χ2n) is 4.29. The smallest absolute Gasteiger partial charge is 0.120 e. The molecule has 2 rings (SSSR count). The first-order valence-electron chi connectivity index (χ1n) is 5.90. The fourth-order valence-electron chi connectivity index (χ4n) is 1.98. The largest absolute Gasteiger partial charge is 0.491 e. The van der Waals surface area contributed by atoms with Crippen LogP contribution in [0.4, 0.5) is 0 Å². The van der Waals surface area contributed by atoms with Gasteiger partial charge in [0.2, 0.25) is 0 Å². The second-order valence-corrected chi connectivity index (χ2v) is 5.95. The average molecular weight is 273 g/mol. The number of hydrogen-bond acceptors (Lipinski definition) is 3. The van der Waals surface area contributed by atoms with Crippen molar-refractivity contribution >= 4 is 23.4 Å². The molecule has 1 fully saturated rings. The minimum atomic E-state index is -0.366. The molecule has 4 heteroatoms. The molecule has 1 aromatic rings. The van der Waals surface area contributed by atoms with Gasteiger partial charge in [-0.2, -0.15) is 11.8 Å². The fraction of sp³-hybridized carbons (Fsp3) is 0.538. The number of ether oxygens (including phenoxy) is 1. The van der Waals surface area contributed by atoms with Gasteiger partial charge in [0.25, 0.3) is 0 Å². The number of halogens is 1.